The van der Waals surface area contributed by atoms with Crippen LogP contribution in [0.3, 0.4) is 0 Å². The summed E-state index contributed by atoms with van der Waals surface area (Å²) in [5.74, 6) is 1.31. The highest BCUT2D eigenvalue weighted by Gasteiger charge is 2.40. The lowest BCUT2D eigenvalue weighted by atomic mass is 9.86. The molecule has 0 saturated heterocycles. The molecule has 2 aliphatic rings. The third kappa shape index (κ3) is 3.43. The van der Waals surface area contributed by atoms with Crippen LogP contribution in [0.2, 0.25) is 0 Å². The molecule has 142 valence electrons. The van der Waals surface area contributed by atoms with Crippen molar-refractivity contribution in [2.45, 2.75) is 45.6 Å². The van der Waals surface area contributed by atoms with Gasteiger partial charge in [0, 0.05) is 11.8 Å². The number of aryl methyl sites for hydroxylation is 1. The molecule has 0 amide bonds. The number of para-hydroxylation sites is 1. The number of esters is 2. The van der Waals surface area contributed by atoms with Crippen molar-refractivity contribution in [3.63, 3.8) is 0 Å². The lowest BCUT2D eigenvalue weighted by molar-refractivity contribution is -0.146. The number of ether oxygens (including phenoxy) is 2. The molecule has 5 heteroatoms. The van der Waals surface area contributed by atoms with Crippen LogP contribution in [-0.2, 0) is 20.9 Å². The van der Waals surface area contributed by atoms with Crippen molar-refractivity contribution in [2.24, 2.45) is 17.8 Å². The number of hydrogen-bond donors (Lipinski definition) is 0. The van der Waals surface area contributed by atoms with Crippen LogP contribution < -0.4 is 0 Å². The number of hydrogen-bond acceptors (Lipinski definition) is 5. The van der Waals surface area contributed by atoms with E-state index in [1.807, 2.05) is 31.2 Å². The van der Waals surface area contributed by atoms with Crippen molar-refractivity contribution in [3.05, 3.63) is 41.1 Å². The minimum absolute atomic E-state index is 0.00421. The Morgan fingerprint density at radius 1 is 1.19 bits per heavy atom. The summed E-state index contributed by atoms with van der Waals surface area (Å²) in [5, 5.41) is 0.898. The summed E-state index contributed by atoms with van der Waals surface area (Å²) in [6.07, 6.45) is 5.47. The molecule has 0 spiro atoms. The molecule has 3 atom stereocenters. The normalized spacial score (nSPS) is 23.6. The van der Waals surface area contributed by atoms with Crippen molar-refractivity contribution in [1.29, 1.82) is 0 Å². The molecule has 1 heterocycles. The van der Waals surface area contributed by atoms with E-state index in [0.29, 0.717) is 29.5 Å². The second-order valence-corrected chi connectivity index (χ2v) is 7.87. The Morgan fingerprint density at radius 3 is 2.70 bits per heavy atom. The summed E-state index contributed by atoms with van der Waals surface area (Å²) in [6, 6.07) is 7.63. The van der Waals surface area contributed by atoms with Gasteiger partial charge in [0.1, 0.15) is 6.61 Å². The van der Waals surface area contributed by atoms with E-state index in [1.165, 1.54) is 26.4 Å². The summed E-state index contributed by atoms with van der Waals surface area (Å²) in [5.41, 5.74) is 2.43. The molecule has 1 aromatic carbocycles. The zero-order valence-electron chi connectivity index (χ0n) is 15.9. The fraction of sp³-hybridized carbons (Fsp3) is 0.500. The first-order chi connectivity index (χ1) is 13.1. The molecule has 4 rings (SSSR count). The molecule has 0 unspecified atom stereocenters. The zero-order valence-corrected chi connectivity index (χ0v) is 15.9. The molecule has 1 aromatic heterocycles. The van der Waals surface area contributed by atoms with Gasteiger partial charge >= 0.3 is 11.9 Å². The summed E-state index contributed by atoms with van der Waals surface area (Å²) in [4.78, 5) is 29.3. The van der Waals surface area contributed by atoms with Gasteiger partial charge in [-0.25, -0.2) is 9.78 Å². The van der Waals surface area contributed by atoms with Gasteiger partial charge in [0.2, 0.25) is 0 Å². The molecule has 27 heavy (non-hydrogen) atoms. The zero-order chi connectivity index (χ0) is 19.0. The SMILES string of the molecule is COC(=O)c1c(COC(=O)C[C@@H]2C[C@@H]3CC[C@@H]2C3)nc2ccccc2c1C. The fourth-order valence-corrected chi connectivity index (χ4v) is 4.97. The fourth-order valence-electron chi connectivity index (χ4n) is 4.97. The van der Waals surface area contributed by atoms with Crippen molar-refractivity contribution in [1.82, 2.24) is 4.98 Å². The van der Waals surface area contributed by atoms with E-state index in [2.05, 4.69) is 4.98 Å². The van der Waals surface area contributed by atoms with E-state index >= 15 is 0 Å². The number of methoxy groups -OCH3 is 1. The molecule has 2 bridgehead atoms. The lowest BCUT2D eigenvalue weighted by Gasteiger charge is -2.20. The molecule has 0 radical (unpaired) electrons. The molecule has 2 aromatic rings. The van der Waals surface area contributed by atoms with Gasteiger partial charge in [-0.1, -0.05) is 24.6 Å². The number of pyridine rings is 1. The number of carbonyl (C=O) groups excluding carboxylic acids is 2. The highest BCUT2D eigenvalue weighted by Crippen LogP contribution is 2.49. The predicted molar refractivity (Wildman–Crippen MR) is 101 cm³/mol. The Labute approximate surface area is 159 Å². The van der Waals surface area contributed by atoms with Gasteiger partial charge in [0.15, 0.2) is 0 Å². The maximum absolute atomic E-state index is 12.4. The molecule has 0 aliphatic heterocycles. The van der Waals surface area contributed by atoms with Crippen molar-refractivity contribution in [2.75, 3.05) is 7.11 Å². The summed E-state index contributed by atoms with van der Waals surface area (Å²) in [6.45, 7) is 1.87. The monoisotopic (exact) mass is 367 g/mol. The van der Waals surface area contributed by atoms with E-state index in [-0.39, 0.29) is 12.6 Å². The second-order valence-electron chi connectivity index (χ2n) is 7.87. The highest BCUT2D eigenvalue weighted by molar-refractivity contribution is 5.98. The molecule has 5 nitrogen and oxygen atoms in total. The van der Waals surface area contributed by atoms with E-state index < -0.39 is 5.97 Å². The van der Waals surface area contributed by atoms with Crippen LogP contribution in [-0.4, -0.2) is 24.0 Å². The minimum Gasteiger partial charge on any atom is -0.465 e. The standard InChI is InChI=1S/C22H25NO4/c1-13-17-5-3-4-6-18(17)23-19(21(13)22(25)26-2)12-27-20(24)11-16-10-14-7-8-15(16)9-14/h3-6,14-16H,7-12H2,1-2H3/t14-,15-,16+/m1/s1. The Balaban J connectivity index is 1.52. The van der Waals surface area contributed by atoms with E-state index in [0.717, 1.165) is 28.8 Å². The quantitative estimate of drug-likeness (QED) is 0.741. The minimum atomic E-state index is -0.454. The second kappa shape index (κ2) is 7.29. The number of carbonyl (C=O) groups is 2. The Bertz CT molecular complexity index is 891. The lowest BCUT2D eigenvalue weighted by Crippen LogP contribution is -2.18. The molecular formula is C22H25NO4. The van der Waals surface area contributed by atoms with Gasteiger partial charge in [-0.2, -0.15) is 0 Å². The van der Waals surface area contributed by atoms with Crippen LogP contribution in [0.15, 0.2) is 24.3 Å². The van der Waals surface area contributed by atoms with Gasteiger partial charge < -0.3 is 9.47 Å². The summed E-state index contributed by atoms with van der Waals surface area (Å²) in [7, 11) is 1.35. The summed E-state index contributed by atoms with van der Waals surface area (Å²) >= 11 is 0. The van der Waals surface area contributed by atoms with E-state index in [9.17, 15) is 9.59 Å². The summed E-state index contributed by atoms with van der Waals surface area (Å²) < 4.78 is 10.5. The van der Waals surface area contributed by atoms with Gasteiger partial charge in [0.05, 0.1) is 23.9 Å². The van der Waals surface area contributed by atoms with Gasteiger partial charge in [0.25, 0.3) is 0 Å². The first kappa shape index (κ1) is 18.0. The number of rotatable bonds is 5. The third-order valence-corrected chi connectivity index (χ3v) is 6.30. The number of aromatic nitrogens is 1. The average molecular weight is 367 g/mol. The number of benzene rings is 1. The highest BCUT2D eigenvalue weighted by atomic mass is 16.5. The first-order valence-corrected chi connectivity index (χ1v) is 9.69. The maximum Gasteiger partial charge on any atom is 0.340 e. The van der Waals surface area contributed by atoms with Crippen LogP contribution in [0.25, 0.3) is 10.9 Å². The molecule has 2 aliphatic carbocycles. The van der Waals surface area contributed by atoms with Gasteiger partial charge in [-0.15, -0.1) is 0 Å². The Kier molecular flexibility index (Phi) is 4.85. The van der Waals surface area contributed by atoms with Crippen LogP contribution in [0, 0.1) is 24.7 Å². The van der Waals surface area contributed by atoms with E-state index in [4.69, 9.17) is 9.47 Å². The predicted octanol–water partition coefficient (Wildman–Crippen LogP) is 4.20. The van der Waals surface area contributed by atoms with Crippen LogP contribution >= 0.6 is 0 Å². The average Bonchev–Trinajstić information content (AvgIpc) is 3.29. The molecule has 2 fully saturated rings. The number of fused-ring (bicyclic) bond motifs is 3. The van der Waals surface area contributed by atoms with Gasteiger partial charge in [-0.3, -0.25) is 4.79 Å². The Hall–Kier alpha value is -2.43. The maximum atomic E-state index is 12.4. The van der Waals surface area contributed by atoms with E-state index in [1.54, 1.807) is 0 Å². The molecular weight excluding hydrogens is 342 g/mol. The molecule has 0 N–H and O–H groups in total. The largest absolute Gasteiger partial charge is 0.465 e. The van der Waals surface area contributed by atoms with Crippen LogP contribution in [0.4, 0.5) is 0 Å². The smallest absolute Gasteiger partial charge is 0.340 e. The first-order valence-electron chi connectivity index (χ1n) is 9.69. The molecule has 2 saturated carbocycles. The topological polar surface area (TPSA) is 65.5 Å². The van der Waals surface area contributed by atoms with Crippen LogP contribution in [0.5, 0.6) is 0 Å². The number of nitrogens with zero attached hydrogens (tertiary/aromatic N) is 1. The van der Waals surface area contributed by atoms with Crippen molar-refractivity contribution in [3.8, 4) is 0 Å². The van der Waals surface area contributed by atoms with Crippen molar-refractivity contribution < 1.29 is 19.1 Å². The third-order valence-electron chi connectivity index (χ3n) is 6.30. The van der Waals surface area contributed by atoms with Gasteiger partial charge in [-0.05, 0) is 55.6 Å². The van der Waals surface area contributed by atoms with Crippen LogP contribution in [0.1, 0.15) is 53.7 Å². The van der Waals surface area contributed by atoms with Crippen molar-refractivity contribution >= 4 is 22.8 Å². The Morgan fingerprint density at radius 2 is 2.00 bits per heavy atom.